The van der Waals surface area contributed by atoms with Crippen LogP contribution in [-0.2, 0) is 19.1 Å². The molecular formula is C12H20N2O4. The first-order chi connectivity index (χ1) is 8.65. The van der Waals surface area contributed by atoms with Gasteiger partial charge in [-0.3, -0.25) is 15.3 Å². The molecule has 0 aliphatic heterocycles. The van der Waals surface area contributed by atoms with Crippen LogP contribution in [0.2, 0.25) is 0 Å². The highest BCUT2D eigenvalue weighted by Gasteiger charge is 2.15. The minimum Gasteiger partial charge on any atom is -0.449 e. The molecule has 6 nitrogen and oxygen atoms in total. The van der Waals surface area contributed by atoms with Crippen molar-refractivity contribution >= 4 is 12.4 Å². The van der Waals surface area contributed by atoms with Crippen molar-refractivity contribution in [3.05, 3.63) is 0 Å². The van der Waals surface area contributed by atoms with Crippen LogP contribution in [0.1, 0.15) is 25.7 Å². The highest BCUT2D eigenvalue weighted by Crippen LogP contribution is 2.00. The van der Waals surface area contributed by atoms with E-state index in [1.54, 1.807) is 0 Å². The summed E-state index contributed by atoms with van der Waals surface area (Å²) in [5.74, 6) is 2.16. The smallest absolute Gasteiger partial charge is 0.294 e. The average molecular weight is 256 g/mol. The number of nitrogens with two attached hydrogens (primary N) is 1. The zero-order valence-electron chi connectivity index (χ0n) is 10.6. The second kappa shape index (κ2) is 10.6. The number of ether oxygens (including phenoxy) is 2. The number of methoxy groups -OCH3 is 1. The standard InChI is InChI=1S/C12H20N2O4/c1-3-6-10(17-2)12(16)14-8-5-4-7-11(13)18-9-15/h1,9-11H,4-8,13H2,2H3,(H,14,16)/t10?,11-/m1/s1. The van der Waals surface area contributed by atoms with Crippen LogP contribution in [0.15, 0.2) is 0 Å². The summed E-state index contributed by atoms with van der Waals surface area (Å²) in [6.45, 7) is 0.840. The summed E-state index contributed by atoms with van der Waals surface area (Å²) in [7, 11) is 1.44. The molecule has 0 aromatic carbocycles. The van der Waals surface area contributed by atoms with E-state index in [9.17, 15) is 9.59 Å². The molecule has 18 heavy (non-hydrogen) atoms. The van der Waals surface area contributed by atoms with Crippen molar-refractivity contribution in [1.29, 1.82) is 0 Å². The molecule has 0 aromatic rings. The Hall–Kier alpha value is -1.58. The summed E-state index contributed by atoms with van der Waals surface area (Å²) < 4.78 is 9.47. The zero-order valence-corrected chi connectivity index (χ0v) is 10.6. The van der Waals surface area contributed by atoms with Gasteiger partial charge in [-0.1, -0.05) is 0 Å². The maximum Gasteiger partial charge on any atom is 0.294 e. The Labute approximate surface area is 107 Å². The minimum atomic E-state index is -0.601. The van der Waals surface area contributed by atoms with E-state index in [0.29, 0.717) is 19.4 Å². The van der Waals surface area contributed by atoms with Gasteiger partial charge in [0.2, 0.25) is 5.91 Å². The van der Waals surface area contributed by atoms with Crippen LogP contribution < -0.4 is 11.1 Å². The molecule has 0 bridgehead atoms. The van der Waals surface area contributed by atoms with Crippen molar-refractivity contribution in [1.82, 2.24) is 5.32 Å². The summed E-state index contributed by atoms with van der Waals surface area (Å²) in [5.41, 5.74) is 5.45. The molecule has 0 saturated heterocycles. The fourth-order valence-electron chi connectivity index (χ4n) is 1.33. The van der Waals surface area contributed by atoms with Gasteiger partial charge < -0.3 is 14.8 Å². The van der Waals surface area contributed by atoms with E-state index >= 15 is 0 Å². The molecule has 3 N–H and O–H groups in total. The lowest BCUT2D eigenvalue weighted by Crippen LogP contribution is -2.36. The van der Waals surface area contributed by atoms with Crippen LogP contribution >= 0.6 is 0 Å². The van der Waals surface area contributed by atoms with Gasteiger partial charge in [-0.15, -0.1) is 12.3 Å². The number of rotatable bonds is 10. The van der Waals surface area contributed by atoms with Crippen LogP contribution in [0.25, 0.3) is 0 Å². The lowest BCUT2D eigenvalue weighted by atomic mass is 10.2. The Morgan fingerprint density at radius 1 is 1.56 bits per heavy atom. The predicted molar refractivity (Wildman–Crippen MR) is 66.2 cm³/mol. The van der Waals surface area contributed by atoms with E-state index in [2.05, 4.69) is 16.0 Å². The van der Waals surface area contributed by atoms with E-state index in [0.717, 1.165) is 12.8 Å². The van der Waals surface area contributed by atoms with Crippen LogP contribution in [0, 0.1) is 12.3 Å². The Morgan fingerprint density at radius 2 is 2.28 bits per heavy atom. The number of terminal acetylenes is 1. The molecule has 0 aliphatic carbocycles. The third-order valence-corrected chi connectivity index (χ3v) is 2.33. The molecule has 1 unspecified atom stereocenters. The molecule has 6 heteroatoms. The zero-order chi connectivity index (χ0) is 13.8. The first-order valence-electron chi connectivity index (χ1n) is 5.74. The fraction of sp³-hybridized carbons (Fsp3) is 0.667. The summed E-state index contributed by atoms with van der Waals surface area (Å²) in [4.78, 5) is 21.5. The van der Waals surface area contributed by atoms with Crippen LogP contribution in [0.4, 0.5) is 0 Å². The van der Waals surface area contributed by atoms with Crippen molar-refractivity contribution < 1.29 is 19.1 Å². The number of hydrogen-bond acceptors (Lipinski definition) is 5. The molecule has 0 saturated carbocycles. The van der Waals surface area contributed by atoms with Gasteiger partial charge in [0.25, 0.3) is 6.47 Å². The number of unbranched alkanes of at least 4 members (excludes halogenated alkanes) is 1. The number of carbonyl (C=O) groups is 2. The van der Waals surface area contributed by atoms with Crippen molar-refractivity contribution in [3.63, 3.8) is 0 Å². The summed E-state index contributed by atoms with van der Waals surface area (Å²) in [6.07, 6.45) is 6.24. The maximum atomic E-state index is 11.5. The van der Waals surface area contributed by atoms with Crippen molar-refractivity contribution in [2.75, 3.05) is 13.7 Å². The van der Waals surface area contributed by atoms with Crippen molar-refractivity contribution in [2.45, 2.75) is 38.0 Å². The highest BCUT2D eigenvalue weighted by atomic mass is 16.5. The number of carbonyl (C=O) groups excluding carboxylic acids is 2. The van der Waals surface area contributed by atoms with E-state index in [1.807, 2.05) is 0 Å². The molecule has 0 spiro atoms. The monoisotopic (exact) mass is 256 g/mol. The summed E-state index contributed by atoms with van der Waals surface area (Å²) in [5, 5.41) is 2.71. The van der Waals surface area contributed by atoms with Gasteiger partial charge >= 0.3 is 0 Å². The predicted octanol–water partition coefficient (Wildman–Crippen LogP) is -0.231. The van der Waals surface area contributed by atoms with E-state index in [1.165, 1.54) is 7.11 Å². The first-order valence-corrected chi connectivity index (χ1v) is 5.74. The number of hydrogen-bond donors (Lipinski definition) is 2. The minimum absolute atomic E-state index is 0.219. The molecule has 0 fully saturated rings. The molecule has 0 aromatic heterocycles. The van der Waals surface area contributed by atoms with Crippen LogP contribution in [0.3, 0.4) is 0 Å². The molecule has 2 atom stereocenters. The summed E-state index contributed by atoms with van der Waals surface area (Å²) in [6, 6.07) is 0. The van der Waals surface area contributed by atoms with Gasteiger partial charge in [0.15, 0.2) is 6.23 Å². The Morgan fingerprint density at radius 3 is 2.83 bits per heavy atom. The van der Waals surface area contributed by atoms with Crippen LogP contribution in [0.5, 0.6) is 0 Å². The molecule has 102 valence electrons. The molecule has 0 rings (SSSR count). The van der Waals surface area contributed by atoms with E-state index in [4.69, 9.17) is 16.9 Å². The lowest BCUT2D eigenvalue weighted by molar-refractivity contribution is -0.133. The normalized spacial score (nSPS) is 13.2. The molecular weight excluding hydrogens is 236 g/mol. The SMILES string of the molecule is C#CCC(OC)C(=O)NCCCC[C@H](N)OC=O. The molecule has 0 aliphatic rings. The van der Waals surface area contributed by atoms with Gasteiger partial charge in [0.05, 0.1) is 0 Å². The number of nitrogens with one attached hydrogen (secondary N) is 1. The second-order valence-corrected chi connectivity index (χ2v) is 3.69. The maximum absolute atomic E-state index is 11.5. The topological polar surface area (TPSA) is 90.7 Å². The Balaban J connectivity index is 3.62. The van der Waals surface area contributed by atoms with E-state index in [-0.39, 0.29) is 12.3 Å². The molecule has 0 radical (unpaired) electrons. The first kappa shape index (κ1) is 16.4. The van der Waals surface area contributed by atoms with Gasteiger partial charge in [-0.25, -0.2) is 0 Å². The summed E-state index contributed by atoms with van der Waals surface area (Å²) >= 11 is 0. The van der Waals surface area contributed by atoms with Crippen molar-refractivity contribution in [2.24, 2.45) is 5.73 Å². The van der Waals surface area contributed by atoms with Crippen molar-refractivity contribution in [3.8, 4) is 12.3 Å². The Kier molecular flexibility index (Phi) is 9.64. The third-order valence-electron chi connectivity index (χ3n) is 2.33. The van der Waals surface area contributed by atoms with Gasteiger partial charge in [-0.2, -0.15) is 0 Å². The van der Waals surface area contributed by atoms with Gasteiger partial charge in [0.1, 0.15) is 6.10 Å². The third kappa shape index (κ3) is 7.65. The fourth-order valence-corrected chi connectivity index (χ4v) is 1.33. The highest BCUT2D eigenvalue weighted by molar-refractivity contribution is 5.81. The van der Waals surface area contributed by atoms with Gasteiger partial charge in [-0.05, 0) is 19.3 Å². The molecule has 1 amide bonds. The Bertz CT molecular complexity index is 288. The van der Waals surface area contributed by atoms with Crippen LogP contribution in [-0.4, -0.2) is 38.4 Å². The van der Waals surface area contributed by atoms with Gasteiger partial charge in [0, 0.05) is 20.1 Å². The molecule has 0 heterocycles. The lowest BCUT2D eigenvalue weighted by Gasteiger charge is -2.13. The van der Waals surface area contributed by atoms with E-state index < -0.39 is 12.3 Å². The number of amides is 1. The quantitative estimate of drug-likeness (QED) is 0.244. The second-order valence-electron chi connectivity index (χ2n) is 3.69. The average Bonchev–Trinajstić information content (AvgIpc) is 2.35. The largest absolute Gasteiger partial charge is 0.449 e.